The third-order valence-corrected chi connectivity index (χ3v) is 5.28. The maximum absolute atomic E-state index is 12.4. The lowest BCUT2D eigenvalue weighted by molar-refractivity contribution is -0.123. The highest BCUT2D eigenvalue weighted by Gasteiger charge is 2.14. The molecule has 1 aromatic heterocycles. The van der Waals surface area contributed by atoms with Crippen LogP contribution in [0.3, 0.4) is 0 Å². The van der Waals surface area contributed by atoms with Gasteiger partial charge >= 0.3 is 0 Å². The van der Waals surface area contributed by atoms with E-state index in [-0.39, 0.29) is 12.5 Å². The molecule has 4 aromatic rings. The van der Waals surface area contributed by atoms with Gasteiger partial charge in [0, 0.05) is 10.6 Å². The highest BCUT2D eigenvalue weighted by Crippen LogP contribution is 2.32. The fourth-order valence-electron chi connectivity index (χ4n) is 3.33. The van der Waals surface area contributed by atoms with Crippen LogP contribution in [0.4, 0.5) is 0 Å². The van der Waals surface area contributed by atoms with Crippen molar-refractivity contribution >= 4 is 23.2 Å². The van der Waals surface area contributed by atoms with Crippen molar-refractivity contribution in [2.45, 2.75) is 13.8 Å². The molecule has 1 amide bonds. The lowest BCUT2D eigenvalue weighted by Gasteiger charge is -2.14. The molecule has 6 nitrogen and oxygen atoms in total. The first-order chi connectivity index (χ1) is 16.0. The molecule has 1 heterocycles. The van der Waals surface area contributed by atoms with E-state index in [0.717, 1.165) is 28.1 Å². The van der Waals surface area contributed by atoms with Gasteiger partial charge in [-0.3, -0.25) is 4.79 Å². The number of carbonyl (C=O) groups is 1. The van der Waals surface area contributed by atoms with Crippen LogP contribution in [-0.4, -0.2) is 28.0 Å². The van der Waals surface area contributed by atoms with E-state index in [2.05, 4.69) is 15.6 Å². The summed E-state index contributed by atoms with van der Waals surface area (Å²) in [4.78, 5) is 12.4. The highest BCUT2D eigenvalue weighted by atomic mass is 35.5. The Morgan fingerprint density at radius 2 is 1.82 bits per heavy atom. The van der Waals surface area contributed by atoms with Crippen molar-refractivity contribution in [3.05, 3.63) is 101 Å². The molecular weight excluding hydrogens is 436 g/mol. The lowest BCUT2D eigenvalue weighted by atomic mass is 10.1. The van der Waals surface area contributed by atoms with Gasteiger partial charge in [0.1, 0.15) is 5.75 Å². The van der Waals surface area contributed by atoms with E-state index in [9.17, 15) is 4.79 Å². The van der Waals surface area contributed by atoms with Crippen LogP contribution in [-0.2, 0) is 4.79 Å². The molecule has 0 saturated carbocycles. The van der Waals surface area contributed by atoms with Crippen LogP contribution < -0.4 is 10.2 Å². The average Bonchev–Trinajstić information content (AvgIpc) is 3.32. The molecule has 0 aliphatic heterocycles. The average molecular weight is 459 g/mol. The molecule has 1 N–H and O–H groups in total. The predicted octanol–water partition coefficient (Wildman–Crippen LogP) is 5.42. The van der Waals surface area contributed by atoms with Gasteiger partial charge in [-0.2, -0.15) is 10.2 Å². The van der Waals surface area contributed by atoms with Crippen LogP contribution >= 0.6 is 11.6 Å². The number of nitrogens with one attached hydrogen (secondary N) is 1. The summed E-state index contributed by atoms with van der Waals surface area (Å²) in [5.41, 5.74) is 7.82. The molecule has 0 aliphatic rings. The Balaban J connectivity index is 1.49. The fourth-order valence-corrected chi connectivity index (χ4v) is 3.46. The number of aryl methyl sites for hydroxylation is 1. The molecule has 3 aromatic carbocycles. The van der Waals surface area contributed by atoms with Gasteiger partial charge in [0.05, 0.1) is 23.3 Å². The number of para-hydroxylation sites is 1. The minimum Gasteiger partial charge on any atom is -0.483 e. The van der Waals surface area contributed by atoms with Crippen molar-refractivity contribution in [2.75, 3.05) is 6.61 Å². The Bertz CT molecular complexity index is 1280. The van der Waals surface area contributed by atoms with Gasteiger partial charge in [-0.15, -0.1) is 0 Å². The topological polar surface area (TPSA) is 68.5 Å². The van der Waals surface area contributed by atoms with E-state index in [1.807, 2.05) is 85.3 Å². The summed E-state index contributed by atoms with van der Waals surface area (Å²) >= 11 is 5.92. The largest absolute Gasteiger partial charge is 0.483 e. The number of amides is 1. The molecule has 0 unspecified atom stereocenters. The maximum atomic E-state index is 12.4. The first-order valence-electron chi connectivity index (χ1n) is 10.4. The number of ether oxygens (including phenoxy) is 1. The summed E-state index contributed by atoms with van der Waals surface area (Å²) in [6.45, 7) is 3.65. The van der Waals surface area contributed by atoms with Crippen molar-refractivity contribution < 1.29 is 9.53 Å². The number of hydrogen-bond acceptors (Lipinski definition) is 4. The number of hydrazone groups is 1. The van der Waals surface area contributed by atoms with Crippen molar-refractivity contribution in [2.24, 2.45) is 5.10 Å². The number of rotatable bonds is 7. The summed E-state index contributed by atoms with van der Waals surface area (Å²) in [6.07, 6.45) is 1.75. The summed E-state index contributed by atoms with van der Waals surface area (Å²) in [5, 5.41) is 9.27. The number of aromatic nitrogens is 2. The van der Waals surface area contributed by atoms with Gasteiger partial charge in [-0.25, -0.2) is 10.1 Å². The molecule has 0 bridgehead atoms. The standard InChI is InChI=1S/C26H23ClN4O2/c1-18-8-13-25(23(16-18)24-14-15-28-31(24)22-6-4-3-5-7-22)33-17-26(32)30-29-19(2)20-9-11-21(27)12-10-20/h3-16H,17H2,1-2H3,(H,30,32)/b29-19+. The number of hydrogen-bond donors (Lipinski definition) is 1. The Hall–Kier alpha value is -3.90. The molecule has 0 saturated heterocycles. The summed E-state index contributed by atoms with van der Waals surface area (Å²) in [6, 6.07) is 24.9. The maximum Gasteiger partial charge on any atom is 0.277 e. The SMILES string of the molecule is C/C(=N\NC(=O)COc1ccc(C)cc1-c1ccnn1-c1ccccc1)c1ccc(Cl)cc1. The van der Waals surface area contributed by atoms with E-state index in [1.54, 1.807) is 18.3 Å². The third kappa shape index (κ3) is 5.48. The Labute approximate surface area is 197 Å². The molecule has 7 heteroatoms. The quantitative estimate of drug-likeness (QED) is 0.297. The molecule has 0 aliphatic carbocycles. The van der Waals surface area contributed by atoms with Crippen LogP contribution in [0.5, 0.6) is 5.75 Å². The minimum atomic E-state index is -0.355. The Kier molecular flexibility index (Phi) is 6.86. The van der Waals surface area contributed by atoms with Gasteiger partial charge in [-0.05, 0) is 61.9 Å². The van der Waals surface area contributed by atoms with Crippen molar-refractivity contribution in [3.8, 4) is 22.7 Å². The monoisotopic (exact) mass is 458 g/mol. The van der Waals surface area contributed by atoms with Crippen molar-refractivity contribution in [1.82, 2.24) is 15.2 Å². The second kappa shape index (κ2) is 10.1. The predicted molar refractivity (Wildman–Crippen MR) is 131 cm³/mol. The Morgan fingerprint density at radius 3 is 2.58 bits per heavy atom. The summed E-state index contributed by atoms with van der Waals surface area (Å²) in [5.74, 6) is 0.234. The van der Waals surface area contributed by atoms with Gasteiger partial charge in [0.25, 0.3) is 5.91 Å². The normalized spacial score (nSPS) is 11.3. The van der Waals surface area contributed by atoms with Gasteiger partial charge in [-0.1, -0.05) is 53.6 Å². The van der Waals surface area contributed by atoms with Gasteiger partial charge in [0.2, 0.25) is 0 Å². The van der Waals surface area contributed by atoms with E-state index >= 15 is 0 Å². The van der Waals surface area contributed by atoms with E-state index < -0.39 is 0 Å². The number of nitrogens with zero attached hydrogens (tertiary/aromatic N) is 3. The second-order valence-corrected chi connectivity index (χ2v) is 7.93. The minimum absolute atomic E-state index is 0.174. The third-order valence-electron chi connectivity index (χ3n) is 5.02. The molecule has 0 radical (unpaired) electrons. The molecular formula is C26H23ClN4O2. The molecule has 166 valence electrons. The van der Waals surface area contributed by atoms with Gasteiger partial charge < -0.3 is 4.74 Å². The molecule has 0 fully saturated rings. The van der Waals surface area contributed by atoms with Crippen molar-refractivity contribution in [1.29, 1.82) is 0 Å². The van der Waals surface area contributed by atoms with Crippen LogP contribution in [0.25, 0.3) is 16.9 Å². The first kappa shape index (κ1) is 22.3. The zero-order valence-corrected chi connectivity index (χ0v) is 19.1. The van der Waals surface area contributed by atoms with E-state index in [1.165, 1.54) is 0 Å². The zero-order chi connectivity index (χ0) is 23.2. The molecule has 33 heavy (non-hydrogen) atoms. The van der Waals surface area contributed by atoms with Crippen LogP contribution in [0, 0.1) is 6.92 Å². The summed E-state index contributed by atoms with van der Waals surface area (Å²) in [7, 11) is 0. The molecule has 0 spiro atoms. The lowest BCUT2D eigenvalue weighted by Crippen LogP contribution is -2.25. The smallest absolute Gasteiger partial charge is 0.277 e. The number of carbonyl (C=O) groups excluding carboxylic acids is 1. The van der Waals surface area contributed by atoms with Crippen LogP contribution in [0.1, 0.15) is 18.1 Å². The van der Waals surface area contributed by atoms with E-state index in [4.69, 9.17) is 16.3 Å². The molecule has 4 rings (SSSR count). The van der Waals surface area contributed by atoms with Crippen LogP contribution in [0.15, 0.2) is 90.2 Å². The number of halogens is 1. The van der Waals surface area contributed by atoms with Crippen LogP contribution in [0.2, 0.25) is 5.02 Å². The number of benzene rings is 3. The summed E-state index contributed by atoms with van der Waals surface area (Å²) < 4.78 is 7.73. The highest BCUT2D eigenvalue weighted by molar-refractivity contribution is 6.30. The zero-order valence-electron chi connectivity index (χ0n) is 18.3. The van der Waals surface area contributed by atoms with E-state index in [0.29, 0.717) is 16.5 Å². The first-order valence-corrected chi connectivity index (χ1v) is 10.8. The van der Waals surface area contributed by atoms with Gasteiger partial charge in [0.15, 0.2) is 6.61 Å². The Morgan fingerprint density at radius 1 is 1.06 bits per heavy atom. The second-order valence-electron chi connectivity index (χ2n) is 7.49. The molecule has 0 atom stereocenters. The van der Waals surface area contributed by atoms with Crippen molar-refractivity contribution in [3.63, 3.8) is 0 Å². The fraction of sp³-hybridized carbons (Fsp3) is 0.115.